The van der Waals surface area contributed by atoms with Crippen LogP contribution < -0.4 is 9.64 Å². The summed E-state index contributed by atoms with van der Waals surface area (Å²) in [7, 11) is 0. The minimum Gasteiger partial charge on any atom is -0.454 e. The van der Waals surface area contributed by atoms with Crippen LogP contribution in [0.25, 0.3) is 33.4 Å². The molecule has 0 amide bonds. The van der Waals surface area contributed by atoms with Gasteiger partial charge in [0.15, 0.2) is 5.75 Å². The Labute approximate surface area is 367 Å². The topological polar surface area (TPSA) is 12.5 Å². The van der Waals surface area contributed by atoms with Gasteiger partial charge in [-0.25, -0.2) is 0 Å². The molecule has 0 N–H and O–H groups in total. The molecule has 8 aromatic carbocycles. The number of para-hydroxylation sites is 2. The first-order chi connectivity index (χ1) is 29.8. The highest BCUT2D eigenvalue weighted by Crippen LogP contribution is 2.65. The molecule has 8 aromatic rings. The Morgan fingerprint density at radius 2 is 0.919 bits per heavy atom. The summed E-state index contributed by atoms with van der Waals surface area (Å²) in [5.74, 6) is 1.76. The molecule has 304 valence electrons. The largest absolute Gasteiger partial charge is 0.454 e. The Morgan fingerprint density at radius 1 is 0.403 bits per heavy atom. The van der Waals surface area contributed by atoms with Gasteiger partial charge >= 0.3 is 0 Å². The quantitative estimate of drug-likeness (QED) is 0.176. The van der Waals surface area contributed by atoms with Crippen LogP contribution in [0.3, 0.4) is 0 Å². The average molecular weight is 804 g/mol. The predicted molar refractivity (Wildman–Crippen MR) is 259 cm³/mol. The molecule has 62 heavy (non-hydrogen) atoms. The minimum absolute atomic E-state index is 0.0410. The summed E-state index contributed by atoms with van der Waals surface area (Å²) in [5, 5.41) is 0. The standard InChI is InChI=1S/C60H53NO/c1-57(2,3)40-27-32-46-47-33-28-41(58(4,5)6)36-53(47)60(52(46)35-40)49-21-14-15-24-55(49)62-56-50(60)22-16-23-54(56)61(42-29-25-39(26-30-42)38-17-10-9-11-18-38)43-31-34-45-44-19-12-13-20-48(44)59(7,8)51(45)37-43/h9-37H,1-8H3. The molecule has 1 heterocycles. The van der Waals surface area contributed by atoms with Crippen LogP contribution in [0.1, 0.15) is 99.9 Å². The maximum Gasteiger partial charge on any atom is 0.156 e. The third kappa shape index (κ3) is 5.55. The van der Waals surface area contributed by atoms with Crippen LogP contribution in [0.5, 0.6) is 11.5 Å². The summed E-state index contributed by atoms with van der Waals surface area (Å²) < 4.78 is 7.38. The third-order valence-corrected chi connectivity index (χ3v) is 14.1. The SMILES string of the molecule is CC(C)(C)c1ccc2c(c1)C1(c3ccccc3Oc3c(N(c4ccc(-c5ccccc5)cc4)c4ccc5c(c4)C(C)(C)c4ccccc4-5)cccc31)c1cc(C(C)(C)C)ccc1-2. The lowest BCUT2D eigenvalue weighted by molar-refractivity contribution is 0.437. The molecule has 0 aromatic heterocycles. The van der Waals surface area contributed by atoms with Crippen molar-refractivity contribution in [1.29, 1.82) is 0 Å². The molecule has 0 fully saturated rings. The van der Waals surface area contributed by atoms with Crippen molar-refractivity contribution >= 4 is 17.1 Å². The molecule has 0 radical (unpaired) electrons. The van der Waals surface area contributed by atoms with Gasteiger partial charge < -0.3 is 9.64 Å². The predicted octanol–water partition coefficient (Wildman–Crippen LogP) is 16.2. The second-order valence-electron chi connectivity index (χ2n) is 20.2. The van der Waals surface area contributed by atoms with Crippen molar-refractivity contribution in [2.45, 2.75) is 77.0 Å². The summed E-state index contributed by atoms with van der Waals surface area (Å²) in [6.07, 6.45) is 0. The van der Waals surface area contributed by atoms with Crippen LogP contribution in [0.15, 0.2) is 176 Å². The third-order valence-electron chi connectivity index (χ3n) is 14.1. The first kappa shape index (κ1) is 38.3. The highest BCUT2D eigenvalue weighted by Gasteiger charge is 2.52. The van der Waals surface area contributed by atoms with Crippen LogP contribution in [-0.4, -0.2) is 0 Å². The van der Waals surface area contributed by atoms with E-state index in [1.807, 2.05) is 0 Å². The van der Waals surface area contributed by atoms with Crippen molar-refractivity contribution in [2.24, 2.45) is 0 Å². The molecule has 1 aliphatic heterocycles. The first-order valence-corrected chi connectivity index (χ1v) is 22.2. The number of hydrogen-bond acceptors (Lipinski definition) is 2. The number of fused-ring (bicyclic) bond motifs is 12. The molecular weight excluding hydrogens is 751 g/mol. The number of rotatable bonds is 4. The summed E-state index contributed by atoms with van der Waals surface area (Å²) in [4.78, 5) is 2.43. The lowest BCUT2D eigenvalue weighted by Gasteiger charge is -2.42. The molecule has 2 heteroatoms. The van der Waals surface area contributed by atoms with Gasteiger partial charge in [-0.05, 0) is 114 Å². The molecule has 0 bridgehead atoms. The monoisotopic (exact) mass is 803 g/mol. The number of ether oxygens (including phenoxy) is 1. The van der Waals surface area contributed by atoms with Crippen molar-refractivity contribution in [3.63, 3.8) is 0 Å². The summed E-state index contributed by atoms with van der Waals surface area (Å²) in [5.41, 5.74) is 20.2. The maximum absolute atomic E-state index is 7.38. The van der Waals surface area contributed by atoms with Gasteiger partial charge in [0.1, 0.15) is 5.75 Å². The average Bonchev–Trinajstić information content (AvgIpc) is 3.68. The normalized spacial score (nSPS) is 14.8. The molecular formula is C60H53NO. The Hall–Kier alpha value is -6.64. The summed E-state index contributed by atoms with van der Waals surface area (Å²) in [6.45, 7) is 18.7. The van der Waals surface area contributed by atoms with Gasteiger partial charge in [-0.1, -0.05) is 195 Å². The van der Waals surface area contributed by atoms with E-state index in [0.717, 1.165) is 34.1 Å². The van der Waals surface area contributed by atoms with Crippen LogP contribution in [0.4, 0.5) is 17.1 Å². The maximum atomic E-state index is 7.38. The number of anilines is 3. The van der Waals surface area contributed by atoms with Crippen molar-refractivity contribution in [2.75, 3.05) is 4.90 Å². The zero-order valence-electron chi connectivity index (χ0n) is 37.1. The van der Waals surface area contributed by atoms with Gasteiger partial charge in [0.2, 0.25) is 0 Å². The molecule has 0 saturated carbocycles. The zero-order chi connectivity index (χ0) is 42.8. The Kier molecular flexibility index (Phi) is 8.29. The Balaban J connectivity index is 1.20. The highest BCUT2D eigenvalue weighted by molar-refractivity contribution is 5.93. The molecule has 0 saturated heterocycles. The van der Waals surface area contributed by atoms with E-state index >= 15 is 0 Å². The van der Waals surface area contributed by atoms with E-state index in [1.54, 1.807) is 0 Å². The van der Waals surface area contributed by atoms with E-state index in [-0.39, 0.29) is 16.2 Å². The van der Waals surface area contributed by atoms with Gasteiger partial charge in [-0.3, -0.25) is 0 Å². The van der Waals surface area contributed by atoms with Crippen LogP contribution in [-0.2, 0) is 21.7 Å². The lowest BCUT2D eigenvalue weighted by Crippen LogP contribution is -2.33. The summed E-state index contributed by atoms with van der Waals surface area (Å²) >= 11 is 0. The van der Waals surface area contributed by atoms with Crippen LogP contribution >= 0.6 is 0 Å². The van der Waals surface area contributed by atoms with Gasteiger partial charge in [0, 0.05) is 27.9 Å². The molecule has 2 nitrogen and oxygen atoms in total. The smallest absolute Gasteiger partial charge is 0.156 e. The highest BCUT2D eigenvalue weighted by atomic mass is 16.5. The number of benzene rings is 8. The van der Waals surface area contributed by atoms with Gasteiger partial charge in [-0.15, -0.1) is 0 Å². The van der Waals surface area contributed by atoms with Gasteiger partial charge in [0.25, 0.3) is 0 Å². The fourth-order valence-corrected chi connectivity index (χ4v) is 10.8. The molecule has 0 unspecified atom stereocenters. The van der Waals surface area contributed by atoms with E-state index in [2.05, 4.69) is 236 Å². The second kappa shape index (κ2) is 13.4. The van der Waals surface area contributed by atoms with Gasteiger partial charge in [0.05, 0.1) is 11.1 Å². The van der Waals surface area contributed by atoms with Crippen molar-refractivity contribution < 1.29 is 4.74 Å². The van der Waals surface area contributed by atoms with E-state index in [4.69, 9.17) is 4.74 Å². The van der Waals surface area contributed by atoms with E-state index in [0.29, 0.717) is 0 Å². The molecule has 2 aliphatic carbocycles. The van der Waals surface area contributed by atoms with Crippen LogP contribution in [0, 0.1) is 0 Å². The fraction of sp³-hybridized carbons (Fsp3) is 0.200. The molecule has 1 spiro atoms. The minimum atomic E-state index is -0.627. The van der Waals surface area contributed by atoms with E-state index in [9.17, 15) is 0 Å². The Bertz CT molecular complexity index is 3020. The molecule has 11 rings (SSSR count). The van der Waals surface area contributed by atoms with E-state index < -0.39 is 5.41 Å². The van der Waals surface area contributed by atoms with E-state index in [1.165, 1.54) is 72.3 Å². The second-order valence-corrected chi connectivity index (χ2v) is 20.2. The number of nitrogens with zero attached hydrogens (tertiary/aromatic N) is 1. The summed E-state index contributed by atoms with van der Waals surface area (Å²) in [6, 6.07) is 65.7. The van der Waals surface area contributed by atoms with Crippen molar-refractivity contribution in [3.8, 4) is 44.9 Å². The fourth-order valence-electron chi connectivity index (χ4n) is 10.8. The zero-order valence-corrected chi connectivity index (χ0v) is 37.1. The molecule has 0 atom stereocenters. The van der Waals surface area contributed by atoms with Crippen LogP contribution in [0.2, 0.25) is 0 Å². The molecule has 3 aliphatic rings. The van der Waals surface area contributed by atoms with Gasteiger partial charge in [-0.2, -0.15) is 0 Å². The lowest BCUT2D eigenvalue weighted by atomic mass is 9.64. The first-order valence-electron chi connectivity index (χ1n) is 22.2. The Morgan fingerprint density at radius 3 is 1.58 bits per heavy atom. The number of hydrogen-bond donors (Lipinski definition) is 0. The van der Waals surface area contributed by atoms with Crippen molar-refractivity contribution in [3.05, 3.63) is 220 Å². The van der Waals surface area contributed by atoms with Crippen molar-refractivity contribution in [1.82, 2.24) is 0 Å².